The number of benzene rings is 2. The zero-order valence-corrected chi connectivity index (χ0v) is 15.5. The lowest BCUT2D eigenvalue weighted by molar-refractivity contribution is 0.600. The number of hydrogen-bond acceptors (Lipinski definition) is 4. The first kappa shape index (κ1) is 17.9. The Labute approximate surface area is 154 Å². The Morgan fingerprint density at radius 1 is 0.923 bits per heavy atom. The Morgan fingerprint density at radius 2 is 1.62 bits per heavy atom. The van der Waals surface area contributed by atoms with E-state index in [1.807, 2.05) is 12.1 Å². The van der Waals surface area contributed by atoms with Gasteiger partial charge in [0.05, 0.1) is 16.8 Å². The summed E-state index contributed by atoms with van der Waals surface area (Å²) >= 11 is 0. The van der Waals surface area contributed by atoms with Gasteiger partial charge in [-0.15, -0.1) is 0 Å². The van der Waals surface area contributed by atoms with Gasteiger partial charge in [0.15, 0.2) is 0 Å². The second-order valence-corrected chi connectivity index (χ2v) is 7.63. The van der Waals surface area contributed by atoms with Crippen LogP contribution < -0.4 is 10.0 Å². The molecule has 6 heteroatoms. The molecule has 26 heavy (non-hydrogen) atoms. The second-order valence-electron chi connectivity index (χ2n) is 5.98. The largest absolute Gasteiger partial charge is 0.354 e. The molecule has 0 unspecified atom stereocenters. The van der Waals surface area contributed by atoms with Gasteiger partial charge in [-0.3, -0.25) is 4.72 Å². The van der Waals surface area contributed by atoms with Crippen molar-refractivity contribution in [3.05, 3.63) is 78.0 Å². The van der Waals surface area contributed by atoms with Crippen molar-refractivity contribution in [3.8, 4) is 0 Å². The van der Waals surface area contributed by atoms with E-state index in [4.69, 9.17) is 0 Å². The number of aryl methyl sites for hydroxylation is 2. The van der Waals surface area contributed by atoms with Gasteiger partial charge in [0, 0.05) is 5.69 Å². The Morgan fingerprint density at radius 3 is 2.23 bits per heavy atom. The van der Waals surface area contributed by atoms with E-state index < -0.39 is 10.0 Å². The quantitative estimate of drug-likeness (QED) is 0.673. The van der Waals surface area contributed by atoms with Crippen molar-refractivity contribution in [2.75, 3.05) is 10.0 Å². The molecule has 3 aromatic rings. The molecule has 0 spiro atoms. The Balaban J connectivity index is 1.72. The third kappa shape index (κ3) is 4.21. The molecule has 3 rings (SSSR count). The Kier molecular flexibility index (Phi) is 5.23. The summed E-state index contributed by atoms with van der Waals surface area (Å²) in [6, 6.07) is 18.4. The lowest BCUT2D eigenvalue weighted by atomic mass is 10.1. The first-order valence-corrected chi connectivity index (χ1v) is 9.87. The summed E-state index contributed by atoms with van der Waals surface area (Å²) in [5.41, 5.74) is 3.70. The molecule has 0 aliphatic carbocycles. The van der Waals surface area contributed by atoms with Gasteiger partial charge in [0.1, 0.15) is 5.82 Å². The van der Waals surface area contributed by atoms with Crippen LogP contribution in [0.2, 0.25) is 0 Å². The number of hydrogen-bond donors (Lipinski definition) is 2. The number of nitrogens with zero attached hydrogens (tertiary/aromatic N) is 1. The van der Waals surface area contributed by atoms with Crippen LogP contribution in [0.15, 0.2) is 71.8 Å². The third-order valence-corrected chi connectivity index (χ3v) is 5.55. The maximum atomic E-state index is 12.5. The first-order chi connectivity index (χ1) is 12.5. The minimum Gasteiger partial charge on any atom is -0.354 e. The molecule has 1 aromatic heterocycles. The number of aromatic nitrogens is 1. The number of anilines is 3. The molecule has 1 heterocycles. The minimum absolute atomic E-state index is 0.250. The van der Waals surface area contributed by atoms with Gasteiger partial charge in [0.25, 0.3) is 10.0 Å². The predicted molar refractivity (Wildman–Crippen MR) is 105 cm³/mol. The zero-order valence-electron chi connectivity index (χ0n) is 14.7. The van der Waals surface area contributed by atoms with E-state index in [1.54, 1.807) is 49.5 Å². The molecule has 0 amide bonds. The van der Waals surface area contributed by atoms with Crippen molar-refractivity contribution in [2.24, 2.45) is 0 Å². The van der Waals surface area contributed by atoms with Crippen molar-refractivity contribution in [2.45, 2.75) is 25.2 Å². The van der Waals surface area contributed by atoms with Crippen molar-refractivity contribution < 1.29 is 8.42 Å². The van der Waals surface area contributed by atoms with Gasteiger partial charge in [-0.1, -0.05) is 37.3 Å². The molecule has 2 N–H and O–H groups in total. The van der Waals surface area contributed by atoms with Crippen LogP contribution in [0.4, 0.5) is 17.2 Å². The topological polar surface area (TPSA) is 71.1 Å². The first-order valence-electron chi connectivity index (χ1n) is 8.38. The van der Waals surface area contributed by atoms with Crippen LogP contribution in [-0.2, 0) is 16.4 Å². The van der Waals surface area contributed by atoms with Crippen LogP contribution in [0.25, 0.3) is 0 Å². The van der Waals surface area contributed by atoms with Crippen molar-refractivity contribution >= 4 is 27.2 Å². The molecular formula is C20H21N3O2S. The fraction of sp³-hybridized carbons (Fsp3) is 0.150. The van der Waals surface area contributed by atoms with Crippen LogP contribution in [0, 0.1) is 6.92 Å². The van der Waals surface area contributed by atoms with E-state index in [9.17, 15) is 8.42 Å². The highest BCUT2D eigenvalue weighted by atomic mass is 32.2. The maximum absolute atomic E-state index is 12.5. The number of rotatable bonds is 6. The highest BCUT2D eigenvalue weighted by molar-refractivity contribution is 7.92. The van der Waals surface area contributed by atoms with Crippen LogP contribution in [-0.4, -0.2) is 13.4 Å². The van der Waals surface area contributed by atoms with Gasteiger partial charge in [0.2, 0.25) is 0 Å². The van der Waals surface area contributed by atoms with Crippen molar-refractivity contribution in [3.63, 3.8) is 0 Å². The van der Waals surface area contributed by atoms with E-state index in [2.05, 4.69) is 34.1 Å². The van der Waals surface area contributed by atoms with Crippen LogP contribution in [0.3, 0.4) is 0 Å². The number of pyridine rings is 1. The van der Waals surface area contributed by atoms with E-state index in [0.29, 0.717) is 5.56 Å². The van der Waals surface area contributed by atoms with Gasteiger partial charge in [-0.2, -0.15) is 0 Å². The summed E-state index contributed by atoms with van der Waals surface area (Å²) < 4.78 is 27.5. The van der Waals surface area contributed by atoms with Gasteiger partial charge in [-0.25, -0.2) is 13.4 Å². The lowest BCUT2D eigenvalue weighted by Crippen LogP contribution is -2.15. The van der Waals surface area contributed by atoms with E-state index in [-0.39, 0.29) is 10.7 Å². The summed E-state index contributed by atoms with van der Waals surface area (Å²) in [6.45, 7) is 3.88. The molecule has 0 radical (unpaired) electrons. The molecule has 0 atom stereocenters. The average molecular weight is 367 g/mol. The Bertz CT molecular complexity index is 982. The molecule has 134 valence electrons. The summed E-state index contributed by atoms with van der Waals surface area (Å²) in [5.74, 6) is 0.278. The van der Waals surface area contributed by atoms with Gasteiger partial charge < -0.3 is 5.32 Å². The van der Waals surface area contributed by atoms with E-state index in [1.165, 1.54) is 5.56 Å². The van der Waals surface area contributed by atoms with E-state index in [0.717, 1.165) is 17.8 Å². The van der Waals surface area contributed by atoms with Gasteiger partial charge in [-0.05, 0) is 54.8 Å². The summed E-state index contributed by atoms with van der Waals surface area (Å²) in [7, 11) is -3.66. The lowest BCUT2D eigenvalue weighted by Gasteiger charge is -2.11. The molecule has 0 bridgehead atoms. The monoisotopic (exact) mass is 367 g/mol. The highest BCUT2D eigenvalue weighted by Gasteiger charge is 2.16. The van der Waals surface area contributed by atoms with Crippen LogP contribution in [0.1, 0.15) is 18.1 Å². The predicted octanol–water partition coefficient (Wildman–Crippen LogP) is 4.50. The minimum atomic E-state index is -3.66. The second kappa shape index (κ2) is 7.58. The smallest absolute Gasteiger partial charge is 0.263 e. The molecule has 0 saturated carbocycles. The van der Waals surface area contributed by atoms with Crippen LogP contribution in [0.5, 0.6) is 0 Å². The average Bonchev–Trinajstić information content (AvgIpc) is 2.64. The number of nitrogens with one attached hydrogen (secondary N) is 2. The zero-order chi connectivity index (χ0) is 18.6. The van der Waals surface area contributed by atoms with E-state index >= 15 is 0 Å². The normalized spacial score (nSPS) is 11.2. The van der Waals surface area contributed by atoms with Gasteiger partial charge >= 0.3 is 0 Å². The molecule has 5 nitrogen and oxygen atoms in total. The van der Waals surface area contributed by atoms with Crippen molar-refractivity contribution in [1.29, 1.82) is 0 Å². The standard InChI is InChI=1S/C20H21N3O2S/c1-3-16-8-10-17(11-9-16)22-18-12-13-20(21-14-18)23-26(24,25)19-7-5-4-6-15(19)2/h4-14,22H,3H2,1-2H3,(H,21,23). The summed E-state index contributed by atoms with van der Waals surface area (Å²) in [4.78, 5) is 4.45. The maximum Gasteiger partial charge on any atom is 0.263 e. The highest BCUT2D eigenvalue weighted by Crippen LogP contribution is 2.21. The molecule has 0 aliphatic heterocycles. The molecule has 2 aromatic carbocycles. The third-order valence-electron chi connectivity index (χ3n) is 4.04. The molecular weight excluding hydrogens is 346 g/mol. The molecule has 0 fully saturated rings. The molecule has 0 saturated heterocycles. The fourth-order valence-electron chi connectivity index (χ4n) is 2.57. The summed E-state index contributed by atoms with van der Waals surface area (Å²) in [5, 5.41) is 3.25. The summed E-state index contributed by atoms with van der Waals surface area (Å²) in [6.07, 6.45) is 2.60. The SMILES string of the molecule is CCc1ccc(Nc2ccc(NS(=O)(=O)c3ccccc3C)nc2)cc1. The fourth-order valence-corrected chi connectivity index (χ4v) is 3.82. The van der Waals surface area contributed by atoms with Crippen LogP contribution >= 0.6 is 0 Å². The molecule has 0 aliphatic rings. The van der Waals surface area contributed by atoms with Crippen molar-refractivity contribution in [1.82, 2.24) is 4.98 Å². The Hall–Kier alpha value is -2.86. The number of sulfonamides is 1.